The fraction of sp³-hybridized carbons (Fsp3) is 0.333. The molecular weight excluding hydrogens is 396 g/mol. The maximum Gasteiger partial charge on any atom is -0.00256 e. The van der Waals surface area contributed by atoms with Crippen LogP contribution in [-0.2, 0) is 6.42 Å². The second-order valence-corrected chi connectivity index (χ2v) is 7.40. The van der Waals surface area contributed by atoms with E-state index in [-0.39, 0.29) is 14.9 Å². The lowest BCUT2D eigenvalue weighted by Crippen LogP contribution is -1.89. The Hall–Kier alpha value is -2.86. The minimum Gasteiger partial charge on any atom is -0.0776 e. The number of rotatable bonds is 2. The summed E-state index contributed by atoms with van der Waals surface area (Å²) in [5, 5.41) is 2.75. The van der Waals surface area contributed by atoms with E-state index in [1.807, 2.05) is 27.7 Å². The first-order chi connectivity index (χ1) is 15.0. The Kier molecular flexibility index (Phi) is 17.3. The minimum atomic E-state index is 0. The summed E-state index contributed by atoms with van der Waals surface area (Å²) < 4.78 is 0. The smallest absolute Gasteiger partial charge is 0.00256 e. The van der Waals surface area contributed by atoms with E-state index in [9.17, 15) is 0 Å². The monoisotopic (exact) mass is 444 g/mol. The predicted octanol–water partition coefficient (Wildman–Crippen LogP) is 10.7. The Morgan fingerprint density at radius 1 is 0.455 bits per heavy atom. The molecular formula is C33H48. The van der Waals surface area contributed by atoms with Crippen LogP contribution < -0.4 is 0 Å². The molecule has 0 aromatic heterocycles. The SMILES string of the molecule is C.C.CC.CC.Cc1cccc(Cc2cccc(C)c2)c1.Cc1cccc2c(C)cccc12. The van der Waals surface area contributed by atoms with Crippen LogP contribution in [0.5, 0.6) is 0 Å². The summed E-state index contributed by atoms with van der Waals surface area (Å²) in [5.41, 5.74) is 8.16. The molecule has 0 aliphatic heterocycles. The number of benzene rings is 4. The van der Waals surface area contributed by atoms with Gasteiger partial charge in [0.15, 0.2) is 0 Å². The highest BCUT2D eigenvalue weighted by Gasteiger charge is 1.97. The fourth-order valence-corrected chi connectivity index (χ4v) is 3.50. The van der Waals surface area contributed by atoms with Crippen molar-refractivity contribution in [1.29, 1.82) is 0 Å². The van der Waals surface area contributed by atoms with Gasteiger partial charge in [-0.25, -0.2) is 0 Å². The second kappa shape index (κ2) is 17.7. The number of aryl methyl sites for hydroxylation is 4. The van der Waals surface area contributed by atoms with Gasteiger partial charge < -0.3 is 0 Å². The number of fused-ring (bicyclic) bond motifs is 1. The van der Waals surface area contributed by atoms with E-state index < -0.39 is 0 Å². The van der Waals surface area contributed by atoms with Crippen molar-refractivity contribution in [2.75, 3.05) is 0 Å². The Balaban J connectivity index is 0. The molecule has 0 amide bonds. The first-order valence-corrected chi connectivity index (χ1v) is 11.6. The van der Waals surface area contributed by atoms with Crippen LogP contribution in [0.4, 0.5) is 0 Å². The van der Waals surface area contributed by atoms with Gasteiger partial charge in [-0.2, -0.15) is 0 Å². The summed E-state index contributed by atoms with van der Waals surface area (Å²) in [5.74, 6) is 0. The van der Waals surface area contributed by atoms with E-state index in [2.05, 4.69) is 113 Å². The average molecular weight is 445 g/mol. The highest BCUT2D eigenvalue weighted by Crippen LogP contribution is 2.20. The highest BCUT2D eigenvalue weighted by atomic mass is 14.0. The van der Waals surface area contributed by atoms with Crippen molar-refractivity contribution in [1.82, 2.24) is 0 Å². The molecule has 0 bridgehead atoms. The van der Waals surface area contributed by atoms with Crippen LogP contribution in [0.1, 0.15) is 75.9 Å². The zero-order chi connectivity index (χ0) is 23.2. The first-order valence-electron chi connectivity index (χ1n) is 11.6. The van der Waals surface area contributed by atoms with Gasteiger partial charge >= 0.3 is 0 Å². The highest BCUT2D eigenvalue weighted by molar-refractivity contribution is 5.88. The fourth-order valence-electron chi connectivity index (χ4n) is 3.50. The first kappa shape index (κ1) is 32.3. The van der Waals surface area contributed by atoms with Crippen molar-refractivity contribution in [2.45, 2.75) is 76.7 Å². The molecule has 33 heavy (non-hydrogen) atoms. The lowest BCUT2D eigenvalue weighted by molar-refractivity contribution is 1.17. The Bertz CT molecular complexity index is 956. The van der Waals surface area contributed by atoms with Gasteiger partial charge in [0.25, 0.3) is 0 Å². The lowest BCUT2D eigenvalue weighted by Gasteiger charge is -2.03. The molecule has 0 unspecified atom stereocenters. The molecule has 0 nitrogen and oxygen atoms in total. The minimum absolute atomic E-state index is 0. The Labute approximate surface area is 205 Å². The van der Waals surface area contributed by atoms with Crippen molar-refractivity contribution >= 4 is 10.8 Å². The van der Waals surface area contributed by atoms with Crippen LogP contribution in [0.15, 0.2) is 84.9 Å². The van der Waals surface area contributed by atoms with Gasteiger partial charge in [-0.05, 0) is 67.1 Å². The standard InChI is InChI=1S/C15H16.C12H12.2C2H6.2CH4/c1-12-5-3-7-14(9-12)11-15-8-4-6-13(2)10-15;1-9-5-3-8-12-10(2)6-4-7-11(9)12;2*1-2;;/h3-10H,11H2,1-2H3;3-8H,1-2H3;2*1-2H3;2*1H4. The third-order valence-corrected chi connectivity index (χ3v) is 4.93. The van der Waals surface area contributed by atoms with Crippen LogP contribution in [0.25, 0.3) is 10.8 Å². The van der Waals surface area contributed by atoms with E-state index in [4.69, 9.17) is 0 Å². The van der Waals surface area contributed by atoms with Crippen molar-refractivity contribution in [3.63, 3.8) is 0 Å². The van der Waals surface area contributed by atoms with Gasteiger partial charge in [-0.3, -0.25) is 0 Å². The molecule has 0 saturated carbocycles. The van der Waals surface area contributed by atoms with Crippen molar-refractivity contribution < 1.29 is 0 Å². The lowest BCUT2D eigenvalue weighted by atomic mass is 10.0. The molecule has 0 aliphatic rings. The topological polar surface area (TPSA) is 0 Å². The second-order valence-electron chi connectivity index (χ2n) is 7.40. The van der Waals surface area contributed by atoms with Crippen LogP contribution in [-0.4, -0.2) is 0 Å². The summed E-state index contributed by atoms with van der Waals surface area (Å²) in [7, 11) is 0. The van der Waals surface area contributed by atoms with Crippen LogP contribution in [0.3, 0.4) is 0 Å². The Morgan fingerprint density at radius 2 is 0.788 bits per heavy atom. The molecule has 0 fully saturated rings. The molecule has 0 atom stereocenters. The van der Waals surface area contributed by atoms with Crippen LogP contribution >= 0.6 is 0 Å². The van der Waals surface area contributed by atoms with Gasteiger partial charge in [-0.1, -0.05) is 139 Å². The predicted molar refractivity (Wildman–Crippen MR) is 155 cm³/mol. The third kappa shape index (κ3) is 10.5. The van der Waals surface area contributed by atoms with Gasteiger partial charge in [0.05, 0.1) is 0 Å². The molecule has 4 rings (SSSR count). The molecule has 4 aromatic rings. The summed E-state index contributed by atoms with van der Waals surface area (Å²) in [6, 6.07) is 30.3. The number of hydrogen-bond donors (Lipinski definition) is 0. The van der Waals surface area contributed by atoms with Gasteiger partial charge in [0.1, 0.15) is 0 Å². The molecule has 0 saturated heterocycles. The molecule has 0 radical (unpaired) electrons. The maximum atomic E-state index is 2.25. The quantitative estimate of drug-likeness (QED) is 0.288. The zero-order valence-corrected chi connectivity index (χ0v) is 20.8. The zero-order valence-electron chi connectivity index (χ0n) is 20.8. The van der Waals surface area contributed by atoms with E-state index in [1.54, 1.807) is 0 Å². The van der Waals surface area contributed by atoms with Crippen LogP contribution in [0, 0.1) is 27.7 Å². The van der Waals surface area contributed by atoms with Crippen molar-refractivity contribution in [3.05, 3.63) is 118 Å². The maximum absolute atomic E-state index is 2.25. The van der Waals surface area contributed by atoms with Gasteiger partial charge in [0, 0.05) is 0 Å². The van der Waals surface area contributed by atoms with E-state index in [0.717, 1.165) is 6.42 Å². The largest absolute Gasteiger partial charge is 0.0776 e. The summed E-state index contributed by atoms with van der Waals surface area (Å²) in [6.07, 6.45) is 1.03. The number of hydrogen-bond acceptors (Lipinski definition) is 0. The summed E-state index contributed by atoms with van der Waals surface area (Å²) >= 11 is 0. The average Bonchev–Trinajstić information content (AvgIpc) is 2.78. The van der Waals surface area contributed by atoms with E-state index in [1.165, 1.54) is 44.2 Å². The Morgan fingerprint density at radius 3 is 1.12 bits per heavy atom. The normalized spacial score (nSPS) is 8.85. The van der Waals surface area contributed by atoms with Crippen molar-refractivity contribution in [2.24, 2.45) is 0 Å². The molecule has 4 aromatic carbocycles. The van der Waals surface area contributed by atoms with Crippen LogP contribution in [0.2, 0.25) is 0 Å². The third-order valence-electron chi connectivity index (χ3n) is 4.93. The van der Waals surface area contributed by atoms with E-state index in [0.29, 0.717) is 0 Å². The van der Waals surface area contributed by atoms with E-state index >= 15 is 0 Å². The van der Waals surface area contributed by atoms with Gasteiger partial charge in [-0.15, -0.1) is 0 Å². The molecule has 0 N–H and O–H groups in total. The van der Waals surface area contributed by atoms with Crippen molar-refractivity contribution in [3.8, 4) is 0 Å². The molecule has 180 valence electrons. The molecule has 0 heteroatoms. The molecule has 0 heterocycles. The molecule has 0 spiro atoms. The summed E-state index contributed by atoms with van der Waals surface area (Å²) in [4.78, 5) is 0. The molecule has 0 aliphatic carbocycles. The summed E-state index contributed by atoms with van der Waals surface area (Å²) in [6.45, 7) is 16.6. The van der Waals surface area contributed by atoms with Gasteiger partial charge in [0.2, 0.25) is 0 Å².